The average Bonchev–Trinajstić information content (AvgIpc) is 2.42. The lowest BCUT2D eigenvalue weighted by Gasteiger charge is -2.38. The monoisotopic (exact) mass is 250 g/mol. The molecule has 0 bridgehead atoms. The largest absolute Gasteiger partial charge is 0.0683 e. The molecule has 0 aromatic heterocycles. The summed E-state index contributed by atoms with van der Waals surface area (Å²) in [6.07, 6.45) is 0. The van der Waals surface area contributed by atoms with Crippen molar-refractivity contribution < 1.29 is 0 Å². The predicted octanol–water partition coefficient (Wildman–Crippen LogP) is 6.31. The minimum absolute atomic E-state index is 0.293. The van der Waals surface area contributed by atoms with E-state index in [1.54, 1.807) is 0 Å². The molecule has 1 rings (SSSR count). The van der Waals surface area contributed by atoms with Gasteiger partial charge in [-0.3, -0.25) is 0 Å². The molecule has 0 saturated carbocycles. The lowest BCUT2D eigenvalue weighted by atomic mass is 9.66. The molecule has 0 aliphatic carbocycles. The summed E-state index contributed by atoms with van der Waals surface area (Å²) in [5, 5.41) is 0. The van der Waals surface area contributed by atoms with Gasteiger partial charge in [0.15, 0.2) is 0 Å². The van der Waals surface area contributed by atoms with Gasteiger partial charge in [0.1, 0.15) is 0 Å². The van der Waals surface area contributed by atoms with Crippen LogP contribution in [0.15, 0.2) is 30.3 Å². The molecule has 0 N–H and O–H groups in total. The fraction of sp³-hybridized carbons (Fsp3) is 0.667. The zero-order valence-corrected chi connectivity index (χ0v) is 14.0. The van der Waals surface area contributed by atoms with Gasteiger partial charge in [-0.1, -0.05) is 92.6 Å². The molecule has 106 valence electrons. The minimum Gasteiger partial charge on any atom is -0.0683 e. The van der Waals surface area contributed by atoms with Crippen LogP contribution in [0.4, 0.5) is 0 Å². The lowest BCUT2D eigenvalue weighted by Crippen LogP contribution is -2.34. The van der Waals surface area contributed by atoms with E-state index < -0.39 is 0 Å². The maximum Gasteiger partial charge on any atom is -0.00293 e. The first-order chi connectivity index (χ1) is 8.49. The highest BCUT2D eigenvalue weighted by Crippen LogP contribution is 2.38. The van der Waals surface area contributed by atoms with Crippen molar-refractivity contribution in [2.24, 2.45) is 11.8 Å². The van der Waals surface area contributed by atoms with Gasteiger partial charge < -0.3 is 0 Å². The first kappa shape index (κ1) is 19.6. The molecule has 0 saturated heterocycles. The summed E-state index contributed by atoms with van der Waals surface area (Å²) >= 11 is 0. The summed E-state index contributed by atoms with van der Waals surface area (Å²) < 4.78 is 0. The summed E-state index contributed by atoms with van der Waals surface area (Å²) in [6, 6.07) is 10.9. The molecule has 1 aromatic rings. The quantitative estimate of drug-likeness (QED) is 0.590. The van der Waals surface area contributed by atoms with Crippen molar-refractivity contribution in [3.8, 4) is 0 Å². The molecule has 0 radical (unpaired) electrons. The highest BCUT2D eigenvalue weighted by molar-refractivity contribution is 5.25. The van der Waals surface area contributed by atoms with Crippen molar-refractivity contribution in [3.63, 3.8) is 0 Å². The van der Waals surface area contributed by atoms with E-state index in [9.17, 15) is 0 Å². The van der Waals surface area contributed by atoms with Crippen LogP contribution >= 0.6 is 0 Å². The van der Waals surface area contributed by atoms with E-state index in [-0.39, 0.29) is 0 Å². The van der Waals surface area contributed by atoms with Gasteiger partial charge in [0.05, 0.1) is 0 Å². The van der Waals surface area contributed by atoms with Crippen LogP contribution in [-0.2, 0) is 5.41 Å². The molecular weight excluding hydrogens is 216 g/mol. The normalized spacial score (nSPS) is 10.4. The fourth-order valence-electron chi connectivity index (χ4n) is 2.13. The van der Waals surface area contributed by atoms with Gasteiger partial charge in [-0.05, 0) is 22.8 Å². The Labute approximate surface area is 116 Å². The second kappa shape index (κ2) is 10.2. The first-order valence-corrected chi connectivity index (χ1v) is 7.55. The molecule has 0 nitrogen and oxygen atoms in total. The average molecular weight is 250 g/mol. The van der Waals surface area contributed by atoms with Crippen LogP contribution in [0.3, 0.4) is 0 Å². The topological polar surface area (TPSA) is 0 Å². The molecule has 0 aliphatic rings. The maximum absolute atomic E-state index is 2.37. The minimum atomic E-state index is 0.293. The van der Waals surface area contributed by atoms with Crippen LogP contribution in [0.25, 0.3) is 0 Å². The zero-order chi connectivity index (χ0) is 14.8. The van der Waals surface area contributed by atoms with Gasteiger partial charge in [0.25, 0.3) is 0 Å². The van der Waals surface area contributed by atoms with Crippen molar-refractivity contribution in [2.45, 2.75) is 67.7 Å². The summed E-state index contributed by atoms with van der Waals surface area (Å²) in [6.45, 7) is 19.6. The molecule has 0 aliphatic heterocycles. The Morgan fingerprint density at radius 3 is 1.33 bits per heavy atom. The predicted molar refractivity (Wildman–Crippen MR) is 86.2 cm³/mol. The van der Waals surface area contributed by atoms with Crippen LogP contribution in [0.5, 0.6) is 0 Å². The van der Waals surface area contributed by atoms with Gasteiger partial charge in [-0.2, -0.15) is 0 Å². The van der Waals surface area contributed by atoms with E-state index in [4.69, 9.17) is 0 Å². The molecule has 0 spiro atoms. The van der Waals surface area contributed by atoms with Crippen LogP contribution < -0.4 is 0 Å². The zero-order valence-electron chi connectivity index (χ0n) is 14.0. The van der Waals surface area contributed by atoms with Crippen LogP contribution in [0, 0.1) is 11.8 Å². The van der Waals surface area contributed by atoms with Gasteiger partial charge in [0, 0.05) is 0 Å². The Hall–Kier alpha value is -0.780. The van der Waals surface area contributed by atoms with Crippen molar-refractivity contribution in [3.05, 3.63) is 35.9 Å². The van der Waals surface area contributed by atoms with Gasteiger partial charge in [-0.25, -0.2) is 0 Å². The summed E-state index contributed by atoms with van der Waals surface area (Å²) in [4.78, 5) is 0. The van der Waals surface area contributed by atoms with E-state index in [2.05, 4.69) is 65.0 Å². The highest BCUT2D eigenvalue weighted by Gasteiger charge is 2.33. The SMILES string of the molecule is CC.CC.CC(C)C(C)(c1ccccc1)C(C)C. The van der Waals surface area contributed by atoms with Gasteiger partial charge in [0.2, 0.25) is 0 Å². The molecule has 0 atom stereocenters. The molecule has 18 heavy (non-hydrogen) atoms. The summed E-state index contributed by atoms with van der Waals surface area (Å²) in [5.74, 6) is 1.34. The van der Waals surface area contributed by atoms with E-state index in [1.165, 1.54) is 5.56 Å². The Morgan fingerprint density at radius 2 is 1.06 bits per heavy atom. The van der Waals surface area contributed by atoms with Gasteiger partial charge in [-0.15, -0.1) is 0 Å². The third-order valence-corrected chi connectivity index (χ3v) is 3.79. The Bertz CT molecular complexity index is 261. The lowest BCUT2D eigenvalue weighted by molar-refractivity contribution is 0.245. The molecule has 1 aromatic carbocycles. The Balaban J connectivity index is 0. The molecule has 0 heterocycles. The Kier molecular flexibility index (Phi) is 11.1. The van der Waals surface area contributed by atoms with Crippen molar-refractivity contribution >= 4 is 0 Å². The second-order valence-electron chi connectivity index (χ2n) is 4.96. The van der Waals surface area contributed by atoms with Gasteiger partial charge >= 0.3 is 0 Å². The number of benzene rings is 1. The van der Waals surface area contributed by atoms with Crippen molar-refractivity contribution in [1.29, 1.82) is 0 Å². The molecule has 0 heteroatoms. The third kappa shape index (κ3) is 4.84. The number of hydrogen-bond donors (Lipinski definition) is 0. The molecular formula is C18H34. The second-order valence-corrected chi connectivity index (χ2v) is 4.96. The number of rotatable bonds is 3. The maximum atomic E-state index is 2.37. The number of hydrogen-bond acceptors (Lipinski definition) is 0. The van der Waals surface area contributed by atoms with E-state index in [1.807, 2.05) is 27.7 Å². The summed E-state index contributed by atoms with van der Waals surface area (Å²) in [5.41, 5.74) is 1.76. The van der Waals surface area contributed by atoms with Crippen LogP contribution in [0.2, 0.25) is 0 Å². The standard InChI is InChI=1S/C14H22.2C2H6/c1-11(2)14(5,12(3)4)13-9-7-6-8-10-13;2*1-2/h6-12H,1-5H3;2*1-2H3. The van der Waals surface area contributed by atoms with E-state index in [0.29, 0.717) is 17.3 Å². The Morgan fingerprint density at radius 1 is 0.722 bits per heavy atom. The van der Waals surface area contributed by atoms with Crippen molar-refractivity contribution in [1.82, 2.24) is 0 Å². The van der Waals surface area contributed by atoms with Crippen LogP contribution in [0.1, 0.15) is 67.9 Å². The first-order valence-electron chi connectivity index (χ1n) is 7.55. The molecule has 0 fully saturated rings. The van der Waals surface area contributed by atoms with Crippen molar-refractivity contribution in [2.75, 3.05) is 0 Å². The van der Waals surface area contributed by atoms with E-state index >= 15 is 0 Å². The molecule has 0 unspecified atom stereocenters. The third-order valence-electron chi connectivity index (χ3n) is 3.79. The van der Waals surface area contributed by atoms with E-state index in [0.717, 1.165) is 0 Å². The smallest absolute Gasteiger partial charge is 0.00293 e. The molecule has 0 amide bonds. The highest BCUT2D eigenvalue weighted by atomic mass is 14.4. The fourth-order valence-corrected chi connectivity index (χ4v) is 2.13. The summed E-state index contributed by atoms with van der Waals surface area (Å²) in [7, 11) is 0. The van der Waals surface area contributed by atoms with Crippen LogP contribution in [-0.4, -0.2) is 0 Å².